The molecule has 0 atom stereocenters. The Morgan fingerprint density at radius 3 is 2.11 bits per heavy atom. The zero-order valence-corrected chi connectivity index (χ0v) is 26.4. The van der Waals surface area contributed by atoms with Crippen LogP contribution >= 0.6 is 11.3 Å². The van der Waals surface area contributed by atoms with Crippen LogP contribution in [0.2, 0.25) is 0 Å². The number of fused-ring (bicyclic) bond motifs is 1. The van der Waals surface area contributed by atoms with E-state index in [4.69, 9.17) is 10.1 Å². The number of aliphatic hydroxyl groups is 1. The summed E-state index contributed by atoms with van der Waals surface area (Å²) in [5.74, 6) is -0.0625. The van der Waals surface area contributed by atoms with Gasteiger partial charge in [-0.15, -0.1) is 46.2 Å². The van der Waals surface area contributed by atoms with Crippen LogP contribution in [0.15, 0.2) is 54.4 Å². The number of thiophene rings is 1. The van der Waals surface area contributed by atoms with Crippen LogP contribution in [0.25, 0.3) is 31.8 Å². The number of hydrogen-bond donors (Lipinski definition) is 1. The molecule has 0 bridgehead atoms. The summed E-state index contributed by atoms with van der Waals surface area (Å²) in [6, 6.07) is 17.0. The maximum atomic E-state index is 10.0. The van der Waals surface area contributed by atoms with E-state index in [2.05, 4.69) is 90.9 Å². The van der Waals surface area contributed by atoms with Crippen molar-refractivity contribution >= 4 is 27.2 Å². The second kappa shape index (κ2) is 12.3. The van der Waals surface area contributed by atoms with Gasteiger partial charge in [0.25, 0.3) is 0 Å². The van der Waals surface area contributed by atoms with Gasteiger partial charge in [-0.25, -0.2) is 0 Å². The number of ketones is 1. The molecule has 3 nitrogen and oxygen atoms in total. The monoisotopic (exact) mass is 691 g/mol. The maximum absolute atomic E-state index is 10.0. The van der Waals surface area contributed by atoms with Gasteiger partial charge in [0.05, 0.1) is 10.5 Å². The number of hydrogen-bond acceptors (Lipinski definition) is 4. The van der Waals surface area contributed by atoms with Gasteiger partial charge in [-0.3, -0.25) is 4.79 Å². The molecule has 5 heteroatoms. The van der Waals surface area contributed by atoms with Gasteiger partial charge in [-0.2, -0.15) is 0 Å². The second-order valence-electron chi connectivity index (χ2n) is 10.6. The number of carbonyl (C=O) groups excluding carboxylic acids is 1. The summed E-state index contributed by atoms with van der Waals surface area (Å²) in [5.41, 5.74) is 10.0. The Kier molecular flexibility index (Phi) is 10.2. The predicted octanol–water partition coefficient (Wildman–Crippen LogP) is 9.00. The summed E-state index contributed by atoms with van der Waals surface area (Å²) in [4.78, 5) is 16.1. The first kappa shape index (κ1) is 30.6. The van der Waals surface area contributed by atoms with Crippen LogP contribution in [-0.2, 0) is 30.3 Å². The van der Waals surface area contributed by atoms with Crippen molar-refractivity contribution in [2.24, 2.45) is 0 Å². The van der Waals surface area contributed by atoms with Crippen molar-refractivity contribution in [3.8, 4) is 21.7 Å². The van der Waals surface area contributed by atoms with E-state index in [9.17, 15) is 4.79 Å². The minimum Gasteiger partial charge on any atom is -0.512 e. The Balaban J connectivity index is 0.000000532. The maximum Gasteiger partial charge on any atom is 0.155 e. The minimum atomic E-state index is -0.125. The Hall–Kier alpha value is -2.59. The molecule has 4 aromatic rings. The largest absolute Gasteiger partial charge is 0.512 e. The Morgan fingerprint density at radius 2 is 1.59 bits per heavy atom. The molecule has 37 heavy (non-hydrogen) atoms. The molecule has 2 aromatic carbocycles. The first-order chi connectivity index (χ1) is 16.7. The molecule has 197 valence electrons. The minimum absolute atomic E-state index is 0. The molecule has 2 heterocycles. The predicted molar refractivity (Wildman–Crippen MR) is 154 cm³/mol. The van der Waals surface area contributed by atoms with E-state index in [-0.39, 0.29) is 37.1 Å². The molecule has 0 unspecified atom stereocenters. The third-order valence-corrected chi connectivity index (χ3v) is 6.99. The van der Waals surface area contributed by atoms with E-state index in [1.165, 1.54) is 62.7 Å². The zero-order chi connectivity index (χ0) is 26.8. The first-order valence-electron chi connectivity index (χ1n) is 12.1. The number of benzene rings is 2. The number of pyridine rings is 1. The number of aromatic nitrogens is 1. The molecule has 0 saturated heterocycles. The summed E-state index contributed by atoms with van der Waals surface area (Å²) in [7, 11) is 0. The molecule has 4 rings (SSSR count). The van der Waals surface area contributed by atoms with Gasteiger partial charge < -0.3 is 10.1 Å². The Morgan fingerprint density at radius 1 is 0.973 bits per heavy atom. The van der Waals surface area contributed by atoms with Crippen LogP contribution in [-0.4, -0.2) is 15.9 Å². The molecule has 0 saturated carbocycles. The number of allylic oxidation sites excluding steroid dienone is 2. The quantitative estimate of drug-likeness (QED) is 0.133. The van der Waals surface area contributed by atoms with E-state index in [0.717, 1.165) is 16.8 Å². The third kappa shape index (κ3) is 7.94. The van der Waals surface area contributed by atoms with Crippen LogP contribution in [0, 0.1) is 33.8 Å². The fraction of sp³-hybridized carbons (Fsp3) is 0.312. The molecule has 2 aromatic heterocycles. The molecule has 0 spiro atoms. The van der Waals surface area contributed by atoms with Gasteiger partial charge in [0.1, 0.15) is 0 Å². The van der Waals surface area contributed by atoms with E-state index in [0.29, 0.717) is 0 Å². The van der Waals surface area contributed by atoms with Crippen LogP contribution in [0.3, 0.4) is 0 Å². The summed E-state index contributed by atoms with van der Waals surface area (Å²) in [5, 5.41) is 9.61. The Labute approximate surface area is 239 Å². The summed E-state index contributed by atoms with van der Waals surface area (Å²) in [6.45, 7) is 18.3. The molecule has 0 aliphatic heterocycles. The molecule has 0 aliphatic rings. The average molecular weight is 691 g/mol. The van der Waals surface area contributed by atoms with Crippen molar-refractivity contribution in [3.05, 3.63) is 88.3 Å². The molecular weight excluding hydrogens is 655 g/mol. The Bertz CT molecular complexity index is 1430. The molecule has 0 amide bonds. The van der Waals surface area contributed by atoms with Gasteiger partial charge in [-0.1, -0.05) is 51.5 Å². The second-order valence-corrected chi connectivity index (χ2v) is 11.7. The van der Waals surface area contributed by atoms with Crippen molar-refractivity contribution in [2.45, 2.75) is 67.7 Å². The normalized spacial score (nSPS) is 11.5. The van der Waals surface area contributed by atoms with Crippen molar-refractivity contribution < 1.29 is 30.0 Å². The van der Waals surface area contributed by atoms with Crippen LogP contribution in [0.5, 0.6) is 0 Å². The SMILES string of the molecule is CC(=O)/C=C(/C)O.Cc1[c-]c(-c2cc3cc(-c4c(C)cc(C)cc4C)sc3cn2)cc(C(C)(C)C)c1.[Ir]. The first-order valence-corrected chi connectivity index (χ1v) is 13.0. The molecule has 0 fully saturated rings. The number of aliphatic hydroxyl groups excluding tert-OH is 1. The van der Waals surface area contributed by atoms with E-state index in [1.807, 2.05) is 17.5 Å². The van der Waals surface area contributed by atoms with E-state index in [1.54, 1.807) is 0 Å². The molecule has 0 aliphatic carbocycles. The van der Waals surface area contributed by atoms with Crippen LogP contribution in [0.4, 0.5) is 0 Å². The molecule has 1 N–H and O–H groups in total. The van der Waals surface area contributed by atoms with Crippen molar-refractivity contribution in [1.29, 1.82) is 0 Å². The smallest absolute Gasteiger partial charge is 0.155 e. The summed E-state index contributed by atoms with van der Waals surface area (Å²) < 4.78 is 1.23. The average Bonchev–Trinajstić information content (AvgIpc) is 3.14. The van der Waals surface area contributed by atoms with Crippen molar-refractivity contribution in [2.75, 3.05) is 0 Å². The molecule has 1 radical (unpaired) electrons. The zero-order valence-electron chi connectivity index (χ0n) is 23.2. The number of nitrogens with zero attached hydrogens (tertiary/aromatic N) is 1. The van der Waals surface area contributed by atoms with Crippen LogP contribution in [0.1, 0.15) is 62.4 Å². The van der Waals surface area contributed by atoms with Gasteiger partial charge in [0.2, 0.25) is 0 Å². The standard InChI is InChI=1S/C27H28NS.C5H8O2.Ir/c1-16-8-18(3)26(19(4)9-16)24-14-21-13-23(28-15-25(21)29-24)20-10-17(2)11-22(12-20)27(5,6)7;1-4(6)3-5(2)7;/h8-9,11-15H,1-7H3;3,6H,1-2H3;/q-1;;/b;4-3-;. The van der Waals surface area contributed by atoms with Crippen molar-refractivity contribution in [3.63, 3.8) is 0 Å². The van der Waals surface area contributed by atoms with Crippen LogP contribution < -0.4 is 0 Å². The summed E-state index contributed by atoms with van der Waals surface area (Å²) >= 11 is 1.83. The third-order valence-electron chi connectivity index (χ3n) is 5.89. The van der Waals surface area contributed by atoms with Gasteiger partial charge in [-0.05, 0) is 73.9 Å². The number of carbonyl (C=O) groups is 1. The number of rotatable bonds is 3. The molecular formula is C32H36IrNO2S-. The van der Waals surface area contributed by atoms with Gasteiger partial charge >= 0.3 is 0 Å². The fourth-order valence-corrected chi connectivity index (χ4v) is 5.55. The van der Waals surface area contributed by atoms with Crippen molar-refractivity contribution in [1.82, 2.24) is 4.98 Å². The van der Waals surface area contributed by atoms with Gasteiger partial charge in [0.15, 0.2) is 5.78 Å². The topological polar surface area (TPSA) is 50.2 Å². The van der Waals surface area contributed by atoms with E-state index >= 15 is 0 Å². The van der Waals surface area contributed by atoms with Gasteiger partial charge in [0, 0.05) is 37.3 Å². The summed E-state index contributed by atoms with van der Waals surface area (Å²) in [6.07, 6.45) is 3.19. The fourth-order valence-electron chi connectivity index (χ4n) is 4.36. The van der Waals surface area contributed by atoms with E-state index < -0.39 is 0 Å². The number of aryl methyl sites for hydroxylation is 4.